The lowest BCUT2D eigenvalue weighted by molar-refractivity contribution is 1.12. The third-order valence-electron chi connectivity index (χ3n) is 1.48. The van der Waals surface area contributed by atoms with E-state index in [9.17, 15) is 0 Å². The number of nitrogens with two attached hydrogens (primary N) is 2. The molecule has 1 aromatic carbocycles. The highest BCUT2D eigenvalue weighted by atomic mass is 14.7. The van der Waals surface area contributed by atoms with Crippen molar-refractivity contribution < 1.29 is 0 Å². The van der Waals surface area contributed by atoms with E-state index in [2.05, 4.69) is 44.7 Å². The molecular formula is C11H18N2. The van der Waals surface area contributed by atoms with Gasteiger partial charge in [-0.05, 0) is 13.8 Å². The van der Waals surface area contributed by atoms with Crippen LogP contribution in [-0.2, 0) is 0 Å². The zero-order chi connectivity index (χ0) is 10.3. The molecule has 0 saturated carbocycles. The summed E-state index contributed by atoms with van der Waals surface area (Å²) in [7, 11) is 0. The van der Waals surface area contributed by atoms with Gasteiger partial charge in [0.25, 0.3) is 0 Å². The SMILES string of the molecule is C=C(N)CN.Cc1ccc(C)cc1. The maximum atomic E-state index is 4.97. The quantitative estimate of drug-likeness (QED) is 0.688. The van der Waals surface area contributed by atoms with Gasteiger partial charge in [0, 0.05) is 12.2 Å². The van der Waals surface area contributed by atoms with Crippen LogP contribution < -0.4 is 11.5 Å². The Morgan fingerprint density at radius 1 is 1.15 bits per heavy atom. The lowest BCUT2D eigenvalue weighted by atomic mass is 10.2. The van der Waals surface area contributed by atoms with E-state index in [-0.39, 0.29) is 0 Å². The fraction of sp³-hybridized carbons (Fsp3) is 0.273. The summed E-state index contributed by atoms with van der Waals surface area (Å²) in [4.78, 5) is 0. The molecule has 0 aliphatic rings. The monoisotopic (exact) mass is 178 g/mol. The highest BCUT2D eigenvalue weighted by Crippen LogP contribution is 1.99. The first-order chi connectivity index (χ1) is 6.06. The summed E-state index contributed by atoms with van der Waals surface area (Å²) in [5.41, 5.74) is 13.1. The van der Waals surface area contributed by atoms with Crippen molar-refractivity contribution in [2.45, 2.75) is 13.8 Å². The number of benzene rings is 1. The minimum Gasteiger partial charge on any atom is -0.401 e. The highest BCUT2D eigenvalue weighted by Gasteiger charge is 1.79. The van der Waals surface area contributed by atoms with Crippen LogP contribution in [0.3, 0.4) is 0 Å². The van der Waals surface area contributed by atoms with Gasteiger partial charge in [0.15, 0.2) is 0 Å². The summed E-state index contributed by atoms with van der Waals surface area (Å²) in [6.07, 6.45) is 0. The minimum atomic E-state index is 0.389. The van der Waals surface area contributed by atoms with Crippen LogP contribution in [0.2, 0.25) is 0 Å². The normalized spacial score (nSPS) is 8.54. The lowest BCUT2D eigenvalue weighted by Crippen LogP contribution is -2.08. The van der Waals surface area contributed by atoms with Gasteiger partial charge < -0.3 is 11.5 Å². The van der Waals surface area contributed by atoms with E-state index in [0.717, 1.165) is 0 Å². The molecular weight excluding hydrogens is 160 g/mol. The van der Waals surface area contributed by atoms with Crippen LogP contribution in [0.4, 0.5) is 0 Å². The number of hydrogen-bond donors (Lipinski definition) is 2. The largest absolute Gasteiger partial charge is 0.401 e. The maximum Gasteiger partial charge on any atom is 0.0320 e. The molecule has 0 aromatic heterocycles. The molecule has 0 radical (unpaired) electrons. The molecule has 13 heavy (non-hydrogen) atoms. The van der Waals surface area contributed by atoms with Crippen LogP contribution in [0.5, 0.6) is 0 Å². The van der Waals surface area contributed by atoms with Crippen molar-refractivity contribution in [2.75, 3.05) is 6.54 Å². The van der Waals surface area contributed by atoms with Crippen molar-refractivity contribution in [1.82, 2.24) is 0 Å². The number of hydrogen-bond acceptors (Lipinski definition) is 2. The third kappa shape index (κ3) is 7.09. The molecule has 2 heteroatoms. The maximum absolute atomic E-state index is 4.97. The van der Waals surface area contributed by atoms with E-state index in [1.54, 1.807) is 0 Å². The summed E-state index contributed by atoms with van der Waals surface area (Å²) < 4.78 is 0. The Kier molecular flexibility index (Phi) is 5.64. The number of rotatable bonds is 1. The first-order valence-corrected chi connectivity index (χ1v) is 4.23. The molecule has 0 fully saturated rings. The van der Waals surface area contributed by atoms with Gasteiger partial charge in [-0.15, -0.1) is 0 Å². The summed E-state index contributed by atoms with van der Waals surface area (Å²) >= 11 is 0. The first-order valence-electron chi connectivity index (χ1n) is 4.23. The van der Waals surface area contributed by atoms with Crippen LogP contribution in [0.1, 0.15) is 11.1 Å². The van der Waals surface area contributed by atoms with Gasteiger partial charge in [0.1, 0.15) is 0 Å². The molecule has 0 unspecified atom stereocenters. The predicted molar refractivity (Wildman–Crippen MR) is 58.3 cm³/mol. The average Bonchev–Trinajstić information content (AvgIpc) is 2.11. The Labute approximate surface area is 80.3 Å². The van der Waals surface area contributed by atoms with E-state index in [1.165, 1.54) is 11.1 Å². The second-order valence-corrected chi connectivity index (χ2v) is 3.02. The van der Waals surface area contributed by atoms with E-state index in [1.807, 2.05) is 0 Å². The van der Waals surface area contributed by atoms with E-state index in [4.69, 9.17) is 11.5 Å². The molecule has 0 saturated heterocycles. The molecule has 0 bridgehead atoms. The Morgan fingerprint density at radius 2 is 1.38 bits per heavy atom. The summed E-state index contributed by atoms with van der Waals surface area (Å²) in [5.74, 6) is 0. The fourth-order valence-electron chi connectivity index (χ4n) is 0.637. The molecule has 0 heterocycles. The van der Waals surface area contributed by atoms with Gasteiger partial charge in [-0.1, -0.05) is 42.0 Å². The molecule has 0 aliphatic carbocycles. The van der Waals surface area contributed by atoms with Crippen molar-refractivity contribution in [3.8, 4) is 0 Å². The minimum absolute atomic E-state index is 0.389. The van der Waals surface area contributed by atoms with Crippen molar-refractivity contribution in [3.05, 3.63) is 47.7 Å². The Hall–Kier alpha value is -1.28. The van der Waals surface area contributed by atoms with Crippen LogP contribution in [0.25, 0.3) is 0 Å². The number of aryl methyl sites for hydroxylation is 2. The smallest absolute Gasteiger partial charge is 0.0320 e. The Morgan fingerprint density at radius 3 is 1.54 bits per heavy atom. The lowest BCUT2D eigenvalue weighted by Gasteiger charge is -1.90. The highest BCUT2D eigenvalue weighted by molar-refractivity contribution is 5.19. The molecule has 0 atom stereocenters. The van der Waals surface area contributed by atoms with Gasteiger partial charge in [-0.3, -0.25) is 0 Å². The van der Waals surface area contributed by atoms with Crippen LogP contribution in [0, 0.1) is 13.8 Å². The van der Waals surface area contributed by atoms with Crippen LogP contribution in [0.15, 0.2) is 36.5 Å². The van der Waals surface area contributed by atoms with Gasteiger partial charge in [-0.2, -0.15) is 0 Å². The third-order valence-corrected chi connectivity index (χ3v) is 1.48. The predicted octanol–water partition coefficient (Wildman–Crippen LogP) is 1.72. The molecule has 1 rings (SSSR count). The molecule has 0 amide bonds. The van der Waals surface area contributed by atoms with Gasteiger partial charge in [0.2, 0.25) is 0 Å². The molecule has 0 aliphatic heterocycles. The molecule has 2 nitrogen and oxygen atoms in total. The Balaban J connectivity index is 0.000000252. The van der Waals surface area contributed by atoms with Gasteiger partial charge in [0.05, 0.1) is 0 Å². The fourth-order valence-corrected chi connectivity index (χ4v) is 0.637. The Bertz CT molecular complexity index is 228. The standard InChI is InChI=1S/C8H10.C3H8N2/c1-7-3-5-8(2)6-4-7;1-3(5)2-4/h3-6H,1-2H3;1-2,4-5H2. The molecule has 4 N–H and O–H groups in total. The molecule has 1 aromatic rings. The second-order valence-electron chi connectivity index (χ2n) is 3.02. The van der Waals surface area contributed by atoms with Crippen molar-refractivity contribution >= 4 is 0 Å². The summed E-state index contributed by atoms with van der Waals surface area (Å²) in [5, 5.41) is 0. The van der Waals surface area contributed by atoms with Crippen LogP contribution >= 0.6 is 0 Å². The first kappa shape index (κ1) is 11.7. The van der Waals surface area contributed by atoms with E-state index < -0.39 is 0 Å². The molecule has 72 valence electrons. The van der Waals surface area contributed by atoms with E-state index >= 15 is 0 Å². The average molecular weight is 178 g/mol. The summed E-state index contributed by atoms with van der Waals surface area (Å²) in [6.45, 7) is 7.91. The van der Waals surface area contributed by atoms with Crippen molar-refractivity contribution in [2.24, 2.45) is 11.5 Å². The summed E-state index contributed by atoms with van der Waals surface area (Å²) in [6, 6.07) is 8.48. The molecule has 0 spiro atoms. The van der Waals surface area contributed by atoms with Crippen LogP contribution in [-0.4, -0.2) is 6.54 Å². The van der Waals surface area contributed by atoms with E-state index in [0.29, 0.717) is 12.2 Å². The topological polar surface area (TPSA) is 52.0 Å². The zero-order valence-electron chi connectivity index (χ0n) is 8.38. The van der Waals surface area contributed by atoms with Gasteiger partial charge in [-0.25, -0.2) is 0 Å². The van der Waals surface area contributed by atoms with Crippen molar-refractivity contribution in [3.63, 3.8) is 0 Å². The van der Waals surface area contributed by atoms with Gasteiger partial charge >= 0.3 is 0 Å². The second kappa shape index (κ2) is 6.26. The van der Waals surface area contributed by atoms with Crippen molar-refractivity contribution in [1.29, 1.82) is 0 Å². The zero-order valence-corrected chi connectivity index (χ0v) is 8.38.